The number of carbonyl (C=O) groups excluding carboxylic acids is 1. The molecule has 0 aromatic carbocycles. The fourth-order valence-electron chi connectivity index (χ4n) is 4.30. The van der Waals surface area contributed by atoms with Gasteiger partial charge in [-0.1, -0.05) is 6.92 Å². The van der Waals surface area contributed by atoms with Gasteiger partial charge in [0.25, 0.3) is 5.91 Å². The van der Waals surface area contributed by atoms with Gasteiger partial charge in [0.1, 0.15) is 11.5 Å². The maximum atomic E-state index is 14.2. The van der Waals surface area contributed by atoms with Crippen LogP contribution in [-0.4, -0.2) is 50.9 Å². The summed E-state index contributed by atoms with van der Waals surface area (Å²) in [5, 5.41) is 6.18. The number of imidazole rings is 1. The Hall–Kier alpha value is -3.07. The Morgan fingerprint density at radius 1 is 1.24 bits per heavy atom. The van der Waals surface area contributed by atoms with E-state index < -0.39 is 11.7 Å². The minimum atomic E-state index is -0.499. The molecule has 1 saturated carbocycles. The van der Waals surface area contributed by atoms with Crippen molar-refractivity contribution in [1.82, 2.24) is 24.7 Å². The number of aryl methyl sites for hydroxylation is 1. The first-order valence-corrected chi connectivity index (χ1v) is 9.80. The number of anilines is 2. The van der Waals surface area contributed by atoms with Gasteiger partial charge in [-0.15, -0.1) is 0 Å². The minimum Gasteiger partial charge on any atom is -0.355 e. The molecule has 3 aromatic rings. The Morgan fingerprint density at radius 3 is 2.72 bits per heavy atom. The van der Waals surface area contributed by atoms with E-state index in [1.807, 2.05) is 0 Å². The van der Waals surface area contributed by atoms with E-state index >= 15 is 0 Å². The molecule has 29 heavy (non-hydrogen) atoms. The van der Waals surface area contributed by atoms with E-state index in [1.165, 1.54) is 12.3 Å². The van der Waals surface area contributed by atoms with Crippen LogP contribution in [0.1, 0.15) is 23.1 Å². The van der Waals surface area contributed by atoms with Gasteiger partial charge in [0.05, 0.1) is 23.8 Å². The van der Waals surface area contributed by atoms with Crippen molar-refractivity contribution in [2.45, 2.75) is 19.9 Å². The number of nitrogens with zero attached hydrogens (tertiary/aromatic N) is 5. The van der Waals surface area contributed by atoms with Crippen molar-refractivity contribution in [3.63, 3.8) is 0 Å². The zero-order valence-electron chi connectivity index (χ0n) is 16.3. The van der Waals surface area contributed by atoms with Crippen molar-refractivity contribution in [3.8, 4) is 0 Å². The van der Waals surface area contributed by atoms with E-state index in [0.29, 0.717) is 29.3 Å². The summed E-state index contributed by atoms with van der Waals surface area (Å²) in [6.07, 6.45) is 6.41. The molecular weight excluding hydrogens is 373 g/mol. The van der Waals surface area contributed by atoms with Crippen molar-refractivity contribution in [2.75, 3.05) is 29.9 Å². The van der Waals surface area contributed by atoms with Gasteiger partial charge in [0, 0.05) is 37.6 Å². The molecule has 2 fully saturated rings. The molecule has 3 aromatic heterocycles. The van der Waals surface area contributed by atoms with Crippen LogP contribution in [0.4, 0.5) is 15.9 Å². The zero-order valence-corrected chi connectivity index (χ0v) is 16.3. The van der Waals surface area contributed by atoms with Crippen molar-refractivity contribution in [2.24, 2.45) is 11.8 Å². The molecule has 150 valence electrons. The van der Waals surface area contributed by atoms with Gasteiger partial charge in [0.2, 0.25) is 0 Å². The normalized spacial score (nSPS) is 22.7. The summed E-state index contributed by atoms with van der Waals surface area (Å²) in [4.78, 5) is 27.5. The van der Waals surface area contributed by atoms with Crippen LogP contribution >= 0.6 is 0 Å². The molecule has 0 radical (unpaired) electrons. The topological polar surface area (TPSA) is 87.5 Å². The third kappa shape index (κ3) is 3.21. The molecule has 1 amide bonds. The molecule has 1 aliphatic carbocycles. The Kier molecular flexibility index (Phi) is 4.20. The lowest BCUT2D eigenvalue weighted by molar-refractivity contribution is 0.102. The maximum absolute atomic E-state index is 14.2. The van der Waals surface area contributed by atoms with Gasteiger partial charge < -0.3 is 19.9 Å². The molecule has 1 saturated heterocycles. The van der Waals surface area contributed by atoms with Crippen molar-refractivity contribution in [3.05, 3.63) is 48.1 Å². The molecule has 4 heterocycles. The number of hydrogen-bond acceptors (Lipinski definition) is 6. The molecule has 5 rings (SSSR count). The smallest absolute Gasteiger partial charge is 0.275 e. The molecule has 2 unspecified atom stereocenters. The summed E-state index contributed by atoms with van der Waals surface area (Å²) < 4.78 is 15.7. The number of rotatable bonds is 5. The lowest BCUT2D eigenvalue weighted by atomic mass is 10.3. The van der Waals surface area contributed by atoms with Crippen LogP contribution in [-0.2, 0) is 0 Å². The van der Waals surface area contributed by atoms with E-state index in [-0.39, 0.29) is 11.3 Å². The van der Waals surface area contributed by atoms with Crippen LogP contribution in [0, 0.1) is 24.6 Å². The minimum absolute atomic E-state index is 0.186. The number of amides is 1. The van der Waals surface area contributed by atoms with Crippen molar-refractivity contribution < 1.29 is 9.18 Å². The number of pyridine rings is 1. The molecule has 0 spiro atoms. The number of carbonyl (C=O) groups is 1. The Bertz CT molecular complexity index is 1070. The highest BCUT2D eigenvalue weighted by Gasteiger charge is 2.55. The highest BCUT2D eigenvalue weighted by Crippen LogP contribution is 2.46. The van der Waals surface area contributed by atoms with Crippen LogP contribution in [0.25, 0.3) is 5.65 Å². The monoisotopic (exact) mass is 395 g/mol. The van der Waals surface area contributed by atoms with Crippen LogP contribution in [0.15, 0.2) is 30.9 Å². The molecule has 8 nitrogen and oxygen atoms in total. The Balaban J connectivity index is 1.25. The van der Waals surface area contributed by atoms with E-state index in [4.69, 9.17) is 0 Å². The fourth-order valence-corrected chi connectivity index (χ4v) is 4.30. The van der Waals surface area contributed by atoms with Gasteiger partial charge in [-0.2, -0.15) is 0 Å². The summed E-state index contributed by atoms with van der Waals surface area (Å²) in [7, 11) is 0. The number of fused-ring (bicyclic) bond motifs is 2. The largest absolute Gasteiger partial charge is 0.355 e. The van der Waals surface area contributed by atoms with E-state index in [9.17, 15) is 9.18 Å². The van der Waals surface area contributed by atoms with Crippen LogP contribution in [0.3, 0.4) is 0 Å². The van der Waals surface area contributed by atoms with Crippen molar-refractivity contribution >= 4 is 23.1 Å². The standard InChI is InChI=1S/C20H22FN7O/c1-3-22-18-13-9-27(10-14(13)18)17-6-23-16(5-24-17)20(29)26-12-4-15(21)19-25-11(2)7-28(19)8-12/h4-8,13-14,18,22H,3,9-10H2,1-2H3,(H,26,29). The second-order valence-corrected chi connectivity index (χ2v) is 7.72. The summed E-state index contributed by atoms with van der Waals surface area (Å²) >= 11 is 0. The van der Waals surface area contributed by atoms with Gasteiger partial charge in [0.15, 0.2) is 11.5 Å². The summed E-state index contributed by atoms with van der Waals surface area (Å²) in [6.45, 7) is 6.84. The highest BCUT2D eigenvalue weighted by molar-refractivity contribution is 6.02. The van der Waals surface area contributed by atoms with Gasteiger partial charge in [-0.25, -0.2) is 19.3 Å². The summed E-state index contributed by atoms with van der Waals surface area (Å²) in [5.41, 5.74) is 1.44. The first-order valence-electron chi connectivity index (χ1n) is 9.80. The predicted molar refractivity (Wildman–Crippen MR) is 107 cm³/mol. The van der Waals surface area contributed by atoms with Gasteiger partial charge >= 0.3 is 0 Å². The molecular formula is C20H22FN7O. The number of aromatic nitrogens is 4. The van der Waals surface area contributed by atoms with Crippen LogP contribution in [0.2, 0.25) is 0 Å². The SMILES string of the molecule is CCNC1C2CN(c3cnc(C(=O)Nc4cc(F)c5nc(C)cn5c4)cn3)CC21. The average molecular weight is 395 g/mol. The van der Waals surface area contributed by atoms with Crippen LogP contribution in [0.5, 0.6) is 0 Å². The first kappa shape index (κ1) is 18.0. The molecule has 9 heteroatoms. The number of hydrogen-bond donors (Lipinski definition) is 2. The lowest BCUT2D eigenvalue weighted by Gasteiger charge is -2.20. The number of halogens is 1. The highest BCUT2D eigenvalue weighted by atomic mass is 19.1. The van der Waals surface area contributed by atoms with Gasteiger partial charge in [-0.05, 0) is 25.3 Å². The third-order valence-electron chi connectivity index (χ3n) is 5.71. The average Bonchev–Trinajstić information content (AvgIpc) is 3.04. The predicted octanol–water partition coefficient (Wildman–Crippen LogP) is 1.87. The Morgan fingerprint density at radius 2 is 2.03 bits per heavy atom. The van der Waals surface area contributed by atoms with E-state index in [1.54, 1.807) is 29.9 Å². The van der Waals surface area contributed by atoms with Crippen molar-refractivity contribution in [1.29, 1.82) is 0 Å². The third-order valence-corrected chi connectivity index (χ3v) is 5.71. The molecule has 2 aliphatic rings. The number of piperidine rings is 1. The van der Waals surface area contributed by atoms with E-state index in [0.717, 1.165) is 25.5 Å². The maximum Gasteiger partial charge on any atom is 0.275 e. The lowest BCUT2D eigenvalue weighted by Crippen LogP contribution is -2.31. The molecule has 1 aliphatic heterocycles. The molecule has 0 bridgehead atoms. The van der Waals surface area contributed by atoms with Gasteiger partial charge in [-0.3, -0.25) is 4.79 Å². The zero-order chi connectivity index (χ0) is 20.1. The Labute approximate surface area is 167 Å². The second kappa shape index (κ2) is 6.77. The second-order valence-electron chi connectivity index (χ2n) is 7.72. The fraction of sp³-hybridized carbons (Fsp3) is 0.400. The summed E-state index contributed by atoms with van der Waals surface area (Å²) in [6, 6.07) is 1.88. The van der Waals surface area contributed by atoms with Crippen LogP contribution < -0.4 is 15.5 Å². The molecule has 2 N–H and O–H groups in total. The quantitative estimate of drug-likeness (QED) is 0.686. The summed E-state index contributed by atoms with van der Waals surface area (Å²) in [5.74, 6) is 1.20. The molecule has 2 atom stereocenters. The van der Waals surface area contributed by atoms with E-state index in [2.05, 4.69) is 37.4 Å². The first-order chi connectivity index (χ1) is 14.0. The number of nitrogens with one attached hydrogen (secondary N) is 2.